The summed E-state index contributed by atoms with van der Waals surface area (Å²) in [7, 11) is -1.31. The molecule has 0 unspecified atom stereocenters. The van der Waals surface area contributed by atoms with Crippen molar-refractivity contribution in [3.8, 4) is 0 Å². The molecule has 0 saturated carbocycles. The molecule has 122 valence electrons. The van der Waals surface area contributed by atoms with Gasteiger partial charge in [-0.05, 0) is 24.8 Å². The van der Waals surface area contributed by atoms with Gasteiger partial charge in [-0.3, -0.25) is 0 Å². The first-order chi connectivity index (χ1) is 10.3. The van der Waals surface area contributed by atoms with Crippen LogP contribution in [-0.2, 0) is 9.84 Å². The number of aryl methyl sites for hydroxylation is 1. The van der Waals surface area contributed by atoms with E-state index in [1.54, 1.807) is 7.05 Å². The summed E-state index contributed by atoms with van der Waals surface area (Å²) in [5, 5.41) is 2.90. The number of rotatable bonds is 4. The van der Waals surface area contributed by atoms with Gasteiger partial charge in [-0.25, -0.2) is 13.2 Å². The van der Waals surface area contributed by atoms with Crippen molar-refractivity contribution in [3.05, 3.63) is 35.4 Å². The van der Waals surface area contributed by atoms with E-state index in [1.165, 1.54) is 16.0 Å². The van der Waals surface area contributed by atoms with Crippen molar-refractivity contribution >= 4 is 15.9 Å². The van der Waals surface area contributed by atoms with Crippen molar-refractivity contribution in [1.82, 2.24) is 10.2 Å². The van der Waals surface area contributed by atoms with Gasteiger partial charge in [0.2, 0.25) is 0 Å². The first kappa shape index (κ1) is 16.8. The normalized spacial score (nSPS) is 21.3. The number of hydrogen-bond acceptors (Lipinski definition) is 3. The molecule has 5 nitrogen and oxygen atoms in total. The second-order valence-corrected chi connectivity index (χ2v) is 8.40. The molecule has 1 heterocycles. The van der Waals surface area contributed by atoms with Crippen LogP contribution in [0.25, 0.3) is 0 Å². The molecule has 0 radical (unpaired) electrons. The standard InChI is InChI=1S/C16H24N2O3S/c1-12-5-4-6-14(9-12)13(2)10-17-16(19)18(3)15-7-8-22(20,21)11-15/h4-6,9,13,15H,7-8,10-11H2,1-3H3,(H,17,19)/t13-,15+/m0/s1. The topological polar surface area (TPSA) is 66.5 Å². The third-order valence-corrected chi connectivity index (χ3v) is 6.00. The van der Waals surface area contributed by atoms with Gasteiger partial charge < -0.3 is 10.2 Å². The van der Waals surface area contributed by atoms with E-state index in [4.69, 9.17) is 0 Å². The van der Waals surface area contributed by atoms with E-state index >= 15 is 0 Å². The molecule has 1 N–H and O–H groups in total. The summed E-state index contributed by atoms with van der Waals surface area (Å²) < 4.78 is 23.0. The van der Waals surface area contributed by atoms with Crippen molar-refractivity contribution in [1.29, 1.82) is 0 Å². The zero-order chi connectivity index (χ0) is 16.3. The van der Waals surface area contributed by atoms with Crippen molar-refractivity contribution in [2.45, 2.75) is 32.2 Å². The summed E-state index contributed by atoms with van der Waals surface area (Å²) in [5.74, 6) is 0.462. The first-order valence-electron chi connectivity index (χ1n) is 7.56. The highest BCUT2D eigenvalue weighted by molar-refractivity contribution is 7.91. The second kappa shape index (κ2) is 6.69. The summed E-state index contributed by atoms with van der Waals surface area (Å²) in [4.78, 5) is 13.7. The lowest BCUT2D eigenvalue weighted by atomic mass is 9.99. The summed E-state index contributed by atoms with van der Waals surface area (Å²) in [6, 6.07) is 7.81. The third kappa shape index (κ3) is 4.22. The van der Waals surface area contributed by atoms with Gasteiger partial charge in [0.15, 0.2) is 9.84 Å². The SMILES string of the molecule is Cc1cccc([C@@H](C)CNC(=O)N(C)[C@@H]2CCS(=O)(=O)C2)c1. The third-order valence-electron chi connectivity index (χ3n) is 4.25. The molecule has 1 aliphatic rings. The summed E-state index contributed by atoms with van der Waals surface area (Å²) >= 11 is 0. The minimum absolute atomic E-state index is 0.0738. The fourth-order valence-electron chi connectivity index (χ4n) is 2.71. The number of hydrogen-bond donors (Lipinski definition) is 1. The van der Waals surface area contributed by atoms with Crippen LogP contribution in [0, 0.1) is 6.92 Å². The van der Waals surface area contributed by atoms with Gasteiger partial charge >= 0.3 is 6.03 Å². The molecule has 0 bridgehead atoms. The zero-order valence-corrected chi connectivity index (χ0v) is 14.2. The minimum Gasteiger partial charge on any atom is -0.337 e. The average molecular weight is 324 g/mol. The lowest BCUT2D eigenvalue weighted by molar-refractivity contribution is 0.194. The van der Waals surface area contributed by atoms with E-state index in [9.17, 15) is 13.2 Å². The Bertz CT molecular complexity index is 643. The predicted octanol–water partition coefficient (Wildman–Crippen LogP) is 1.93. The number of nitrogens with zero attached hydrogens (tertiary/aromatic N) is 1. The fraction of sp³-hybridized carbons (Fsp3) is 0.562. The Hall–Kier alpha value is -1.56. The Morgan fingerprint density at radius 1 is 1.45 bits per heavy atom. The summed E-state index contributed by atoms with van der Waals surface area (Å²) in [6.07, 6.45) is 0.527. The molecule has 2 rings (SSSR count). The average Bonchev–Trinajstić information content (AvgIpc) is 2.83. The summed E-state index contributed by atoms with van der Waals surface area (Å²) in [6.45, 7) is 4.64. The quantitative estimate of drug-likeness (QED) is 0.920. The fourth-order valence-corrected chi connectivity index (χ4v) is 4.48. The number of nitrogens with one attached hydrogen (secondary N) is 1. The molecule has 6 heteroatoms. The second-order valence-electron chi connectivity index (χ2n) is 6.17. The summed E-state index contributed by atoms with van der Waals surface area (Å²) in [5.41, 5.74) is 2.38. The largest absolute Gasteiger partial charge is 0.337 e. The number of urea groups is 1. The Morgan fingerprint density at radius 2 is 2.18 bits per heavy atom. The van der Waals surface area contributed by atoms with Gasteiger partial charge in [-0.15, -0.1) is 0 Å². The van der Waals surface area contributed by atoms with Gasteiger partial charge in [-0.2, -0.15) is 0 Å². The van der Waals surface area contributed by atoms with Crippen LogP contribution in [-0.4, -0.2) is 50.5 Å². The van der Waals surface area contributed by atoms with Gasteiger partial charge in [0.1, 0.15) is 0 Å². The van der Waals surface area contributed by atoms with Crippen LogP contribution in [0.5, 0.6) is 0 Å². The Labute approximate surface area is 132 Å². The zero-order valence-electron chi connectivity index (χ0n) is 13.4. The molecule has 1 fully saturated rings. The molecular formula is C16H24N2O3S. The monoisotopic (exact) mass is 324 g/mol. The van der Waals surface area contributed by atoms with E-state index < -0.39 is 9.84 Å². The van der Waals surface area contributed by atoms with Crippen LogP contribution in [0.4, 0.5) is 4.79 Å². The Kier molecular flexibility index (Phi) is 5.11. The molecule has 1 aromatic carbocycles. The number of carbonyl (C=O) groups is 1. The molecule has 1 saturated heterocycles. The number of benzene rings is 1. The van der Waals surface area contributed by atoms with Gasteiger partial charge in [0.05, 0.1) is 11.5 Å². The van der Waals surface area contributed by atoms with Crippen LogP contribution in [0.2, 0.25) is 0 Å². The van der Waals surface area contributed by atoms with Gasteiger partial charge in [-0.1, -0.05) is 36.8 Å². The Balaban J connectivity index is 1.87. The van der Waals surface area contributed by atoms with Crippen molar-refractivity contribution < 1.29 is 13.2 Å². The van der Waals surface area contributed by atoms with Crippen LogP contribution in [0.15, 0.2) is 24.3 Å². The van der Waals surface area contributed by atoms with Gasteiger partial charge in [0.25, 0.3) is 0 Å². The number of carbonyl (C=O) groups excluding carboxylic acids is 1. The van der Waals surface area contributed by atoms with Crippen LogP contribution in [0.3, 0.4) is 0 Å². The van der Waals surface area contributed by atoms with E-state index in [2.05, 4.69) is 24.4 Å². The molecule has 0 aliphatic carbocycles. The maximum atomic E-state index is 12.2. The smallest absolute Gasteiger partial charge is 0.317 e. The van der Waals surface area contributed by atoms with E-state index in [1.807, 2.05) is 19.1 Å². The van der Waals surface area contributed by atoms with Crippen LogP contribution < -0.4 is 5.32 Å². The predicted molar refractivity (Wildman–Crippen MR) is 87.8 cm³/mol. The molecule has 0 aromatic heterocycles. The van der Waals surface area contributed by atoms with Crippen molar-refractivity contribution in [2.75, 3.05) is 25.1 Å². The lowest BCUT2D eigenvalue weighted by Crippen LogP contribution is -2.45. The first-order valence-corrected chi connectivity index (χ1v) is 9.38. The molecular weight excluding hydrogens is 300 g/mol. The molecule has 0 spiro atoms. The van der Waals surface area contributed by atoms with Crippen LogP contribution >= 0.6 is 0 Å². The number of sulfone groups is 1. The lowest BCUT2D eigenvalue weighted by Gasteiger charge is -2.24. The maximum absolute atomic E-state index is 12.2. The van der Waals surface area contributed by atoms with Gasteiger partial charge in [0, 0.05) is 19.6 Å². The maximum Gasteiger partial charge on any atom is 0.317 e. The molecule has 1 aliphatic heterocycles. The molecule has 1 aromatic rings. The van der Waals surface area contributed by atoms with Crippen molar-refractivity contribution in [2.24, 2.45) is 0 Å². The van der Waals surface area contributed by atoms with E-state index in [0.717, 1.165) is 0 Å². The number of amides is 2. The van der Waals surface area contributed by atoms with Crippen molar-refractivity contribution in [3.63, 3.8) is 0 Å². The Morgan fingerprint density at radius 3 is 2.77 bits per heavy atom. The highest BCUT2D eigenvalue weighted by Crippen LogP contribution is 2.18. The molecule has 22 heavy (non-hydrogen) atoms. The van der Waals surface area contributed by atoms with E-state index in [-0.39, 0.29) is 29.5 Å². The molecule has 2 atom stereocenters. The highest BCUT2D eigenvalue weighted by atomic mass is 32.2. The van der Waals surface area contributed by atoms with E-state index in [0.29, 0.717) is 13.0 Å². The highest BCUT2D eigenvalue weighted by Gasteiger charge is 2.32. The van der Waals surface area contributed by atoms with Crippen LogP contribution in [0.1, 0.15) is 30.4 Å². The molecule has 2 amide bonds. The minimum atomic E-state index is -2.97.